The predicted molar refractivity (Wildman–Crippen MR) is 120 cm³/mol. The third-order valence-corrected chi connectivity index (χ3v) is 5.34. The number of methoxy groups -OCH3 is 2. The molecule has 1 heterocycles. The SMILES string of the molecule is COc1ccc(NC(=S)N(Cc2ccco2)Cc2c(Cl)cccc2Cl)c(OC)c1. The van der Waals surface area contributed by atoms with E-state index < -0.39 is 0 Å². The van der Waals surface area contributed by atoms with Gasteiger partial charge in [0.25, 0.3) is 0 Å². The minimum Gasteiger partial charge on any atom is -0.497 e. The van der Waals surface area contributed by atoms with Gasteiger partial charge in [0.2, 0.25) is 0 Å². The zero-order valence-corrected chi connectivity index (χ0v) is 18.3. The van der Waals surface area contributed by atoms with Gasteiger partial charge >= 0.3 is 0 Å². The first kappa shape index (κ1) is 21.3. The lowest BCUT2D eigenvalue weighted by Crippen LogP contribution is -2.34. The summed E-state index contributed by atoms with van der Waals surface area (Å²) in [4.78, 5) is 1.92. The van der Waals surface area contributed by atoms with Gasteiger partial charge in [0.1, 0.15) is 17.3 Å². The molecule has 0 amide bonds. The highest BCUT2D eigenvalue weighted by Gasteiger charge is 2.18. The smallest absolute Gasteiger partial charge is 0.174 e. The van der Waals surface area contributed by atoms with Crippen molar-refractivity contribution in [1.82, 2.24) is 4.90 Å². The molecule has 0 fully saturated rings. The molecule has 0 aliphatic rings. The molecule has 2 aromatic carbocycles. The third kappa shape index (κ3) is 5.35. The van der Waals surface area contributed by atoms with Crippen molar-refractivity contribution in [3.63, 3.8) is 0 Å². The van der Waals surface area contributed by atoms with Crippen LogP contribution in [0.15, 0.2) is 59.2 Å². The summed E-state index contributed by atoms with van der Waals surface area (Å²) < 4.78 is 16.2. The number of nitrogens with one attached hydrogen (secondary N) is 1. The quantitative estimate of drug-likeness (QED) is 0.445. The largest absolute Gasteiger partial charge is 0.497 e. The second-order valence-corrected chi connectivity index (χ2v) is 7.33. The van der Waals surface area contributed by atoms with E-state index in [1.807, 2.05) is 35.2 Å². The van der Waals surface area contributed by atoms with Crippen molar-refractivity contribution < 1.29 is 13.9 Å². The van der Waals surface area contributed by atoms with Crippen LogP contribution in [-0.4, -0.2) is 24.2 Å². The molecule has 5 nitrogen and oxygen atoms in total. The molecule has 8 heteroatoms. The van der Waals surface area contributed by atoms with Crippen LogP contribution in [0.2, 0.25) is 10.0 Å². The standard InChI is InChI=1S/C21H20Cl2N2O3S/c1-26-14-8-9-19(20(11-14)27-2)24-21(29)25(12-15-5-4-10-28-15)13-16-17(22)6-3-7-18(16)23/h3-11H,12-13H2,1-2H3,(H,24,29). The molecule has 1 N–H and O–H groups in total. The fourth-order valence-electron chi connectivity index (χ4n) is 2.76. The van der Waals surface area contributed by atoms with E-state index in [9.17, 15) is 0 Å². The average molecular weight is 451 g/mol. The molecular formula is C21H20Cl2N2O3S. The van der Waals surface area contributed by atoms with Gasteiger partial charge in [-0.25, -0.2) is 0 Å². The van der Waals surface area contributed by atoms with E-state index >= 15 is 0 Å². The molecular weight excluding hydrogens is 431 g/mol. The average Bonchev–Trinajstić information content (AvgIpc) is 3.23. The van der Waals surface area contributed by atoms with Crippen molar-refractivity contribution in [2.45, 2.75) is 13.1 Å². The molecule has 29 heavy (non-hydrogen) atoms. The van der Waals surface area contributed by atoms with Crippen molar-refractivity contribution in [1.29, 1.82) is 0 Å². The van der Waals surface area contributed by atoms with E-state index in [0.29, 0.717) is 45.4 Å². The summed E-state index contributed by atoms with van der Waals surface area (Å²) in [6.07, 6.45) is 1.62. The molecule has 0 bridgehead atoms. The van der Waals surface area contributed by atoms with Crippen molar-refractivity contribution in [3.05, 3.63) is 76.2 Å². The second-order valence-electron chi connectivity index (χ2n) is 6.13. The number of halogens is 2. The molecule has 0 atom stereocenters. The van der Waals surface area contributed by atoms with Gasteiger partial charge in [-0.3, -0.25) is 0 Å². The van der Waals surface area contributed by atoms with Crippen LogP contribution in [0.5, 0.6) is 11.5 Å². The van der Waals surface area contributed by atoms with Gasteiger partial charge in [-0.1, -0.05) is 29.3 Å². The predicted octanol–water partition coefficient (Wildman–Crippen LogP) is 6.00. The number of anilines is 1. The van der Waals surface area contributed by atoms with E-state index in [1.54, 1.807) is 38.7 Å². The Hall–Kier alpha value is -2.41. The molecule has 152 valence electrons. The number of nitrogens with zero attached hydrogens (tertiary/aromatic N) is 1. The zero-order valence-electron chi connectivity index (χ0n) is 15.9. The van der Waals surface area contributed by atoms with E-state index in [4.69, 9.17) is 49.3 Å². The highest BCUT2D eigenvalue weighted by molar-refractivity contribution is 7.80. The van der Waals surface area contributed by atoms with Crippen LogP contribution in [0, 0.1) is 0 Å². The first-order valence-electron chi connectivity index (χ1n) is 8.75. The van der Waals surface area contributed by atoms with Crippen molar-refractivity contribution >= 4 is 46.2 Å². The van der Waals surface area contributed by atoms with Crippen LogP contribution in [-0.2, 0) is 13.1 Å². The van der Waals surface area contributed by atoms with Crippen LogP contribution in [0.25, 0.3) is 0 Å². The van der Waals surface area contributed by atoms with E-state index in [0.717, 1.165) is 11.3 Å². The highest BCUT2D eigenvalue weighted by Crippen LogP contribution is 2.30. The summed E-state index contributed by atoms with van der Waals surface area (Å²) in [6, 6.07) is 14.6. The van der Waals surface area contributed by atoms with Gasteiger partial charge in [0.05, 0.1) is 32.7 Å². The van der Waals surface area contributed by atoms with Crippen LogP contribution in [0.4, 0.5) is 5.69 Å². The maximum absolute atomic E-state index is 6.37. The lowest BCUT2D eigenvalue weighted by Gasteiger charge is -2.26. The first-order chi connectivity index (χ1) is 14.0. The summed E-state index contributed by atoms with van der Waals surface area (Å²) in [7, 11) is 3.19. The lowest BCUT2D eigenvalue weighted by atomic mass is 10.2. The number of benzene rings is 2. The van der Waals surface area contributed by atoms with E-state index in [2.05, 4.69) is 5.32 Å². The van der Waals surface area contributed by atoms with Gasteiger partial charge in [-0.15, -0.1) is 0 Å². The van der Waals surface area contributed by atoms with Crippen molar-refractivity contribution in [3.8, 4) is 11.5 Å². The topological polar surface area (TPSA) is 46.9 Å². The molecule has 1 aromatic heterocycles. The highest BCUT2D eigenvalue weighted by atomic mass is 35.5. The Morgan fingerprint density at radius 1 is 1.03 bits per heavy atom. The zero-order chi connectivity index (χ0) is 20.8. The summed E-state index contributed by atoms with van der Waals surface area (Å²) in [6.45, 7) is 0.850. The normalized spacial score (nSPS) is 10.5. The summed E-state index contributed by atoms with van der Waals surface area (Å²) in [5, 5.41) is 4.86. The monoisotopic (exact) mass is 450 g/mol. The Balaban J connectivity index is 1.86. The van der Waals surface area contributed by atoms with E-state index in [1.165, 1.54) is 0 Å². The number of rotatable bonds is 7. The Morgan fingerprint density at radius 3 is 2.41 bits per heavy atom. The van der Waals surface area contributed by atoms with Crippen LogP contribution >= 0.6 is 35.4 Å². The van der Waals surface area contributed by atoms with Crippen molar-refractivity contribution in [2.24, 2.45) is 0 Å². The number of furan rings is 1. The van der Waals surface area contributed by atoms with Crippen LogP contribution in [0.1, 0.15) is 11.3 Å². The Bertz CT molecular complexity index is 960. The molecule has 0 spiro atoms. The van der Waals surface area contributed by atoms with Crippen molar-refractivity contribution in [2.75, 3.05) is 19.5 Å². The summed E-state index contributed by atoms with van der Waals surface area (Å²) >= 11 is 18.4. The summed E-state index contributed by atoms with van der Waals surface area (Å²) in [5.41, 5.74) is 1.50. The van der Waals surface area contributed by atoms with Gasteiger partial charge in [-0.05, 0) is 48.6 Å². The molecule has 0 unspecified atom stereocenters. The number of hydrogen-bond acceptors (Lipinski definition) is 4. The van der Waals surface area contributed by atoms with Crippen LogP contribution < -0.4 is 14.8 Å². The minimum atomic E-state index is 0.406. The molecule has 0 radical (unpaired) electrons. The molecule has 0 saturated heterocycles. The van der Waals surface area contributed by atoms with Crippen LogP contribution in [0.3, 0.4) is 0 Å². The first-order valence-corrected chi connectivity index (χ1v) is 9.91. The summed E-state index contributed by atoms with van der Waals surface area (Å²) in [5.74, 6) is 2.06. The van der Waals surface area contributed by atoms with Gasteiger partial charge in [0, 0.05) is 28.2 Å². The number of thiocarbonyl (C=S) groups is 1. The Labute approximate surface area is 185 Å². The molecule has 0 aliphatic heterocycles. The van der Waals surface area contributed by atoms with Gasteiger partial charge in [-0.2, -0.15) is 0 Å². The Kier molecular flexibility index (Phi) is 7.25. The fourth-order valence-corrected chi connectivity index (χ4v) is 3.52. The lowest BCUT2D eigenvalue weighted by molar-refractivity contribution is 0.360. The maximum atomic E-state index is 6.37. The number of ether oxygens (including phenoxy) is 2. The fraction of sp³-hybridized carbons (Fsp3) is 0.190. The molecule has 0 saturated carbocycles. The number of hydrogen-bond donors (Lipinski definition) is 1. The van der Waals surface area contributed by atoms with E-state index in [-0.39, 0.29) is 0 Å². The van der Waals surface area contributed by atoms with Gasteiger partial charge in [0.15, 0.2) is 5.11 Å². The molecule has 0 aliphatic carbocycles. The maximum Gasteiger partial charge on any atom is 0.174 e. The third-order valence-electron chi connectivity index (χ3n) is 4.27. The minimum absolute atomic E-state index is 0.406. The second kappa shape index (κ2) is 9.87. The molecule has 3 rings (SSSR count). The molecule has 3 aromatic rings. The Morgan fingerprint density at radius 2 is 1.79 bits per heavy atom. The van der Waals surface area contributed by atoms with Gasteiger partial charge < -0.3 is 24.1 Å².